The van der Waals surface area contributed by atoms with E-state index in [2.05, 4.69) is 25.6 Å². The first-order chi connectivity index (χ1) is 8.11. The van der Waals surface area contributed by atoms with Gasteiger partial charge in [0.05, 0.1) is 0 Å². The number of anilines is 2. The molecule has 2 rings (SSSR count). The van der Waals surface area contributed by atoms with Gasteiger partial charge in [0.2, 0.25) is 5.95 Å². The Labute approximate surface area is 95.7 Å². The lowest BCUT2D eigenvalue weighted by Gasteiger charge is -2.03. The topological polar surface area (TPSA) is 132 Å². The Balaban J connectivity index is 2.47. The van der Waals surface area contributed by atoms with Crippen molar-refractivity contribution in [3.8, 4) is 0 Å². The number of aliphatic carboxylic acids is 1. The third-order valence-corrected chi connectivity index (χ3v) is 2.09. The molecular weight excluding hydrogens is 226 g/mol. The number of hydrogen-bond donors (Lipinski definition) is 3. The summed E-state index contributed by atoms with van der Waals surface area (Å²) in [4.78, 5) is 18.4. The molecule has 0 saturated carbocycles. The molecule has 2 aromatic rings. The molecule has 0 spiro atoms. The van der Waals surface area contributed by atoms with Gasteiger partial charge in [0.25, 0.3) is 0 Å². The van der Waals surface area contributed by atoms with E-state index in [1.807, 2.05) is 6.92 Å². The fourth-order valence-electron chi connectivity index (χ4n) is 1.37. The SMILES string of the molecule is CCn1nnc2c(NCC(=O)O)nc(N)nc21. The first-order valence-electron chi connectivity index (χ1n) is 4.94. The van der Waals surface area contributed by atoms with E-state index in [0.29, 0.717) is 17.7 Å². The second kappa shape index (κ2) is 4.20. The van der Waals surface area contributed by atoms with E-state index in [1.54, 1.807) is 4.68 Å². The predicted molar refractivity (Wildman–Crippen MR) is 59.3 cm³/mol. The quantitative estimate of drug-likeness (QED) is 0.637. The monoisotopic (exact) mass is 237 g/mol. The third-order valence-electron chi connectivity index (χ3n) is 2.09. The Morgan fingerprint density at radius 3 is 2.94 bits per heavy atom. The molecule has 0 fully saturated rings. The van der Waals surface area contributed by atoms with Crippen molar-refractivity contribution in [2.45, 2.75) is 13.5 Å². The first kappa shape index (κ1) is 11.0. The number of carboxylic acid groups (broad SMARTS) is 1. The second-order valence-corrected chi connectivity index (χ2v) is 3.26. The van der Waals surface area contributed by atoms with Crippen LogP contribution in [0.5, 0.6) is 0 Å². The third kappa shape index (κ3) is 2.07. The van der Waals surface area contributed by atoms with E-state index in [9.17, 15) is 4.79 Å². The molecule has 0 radical (unpaired) electrons. The van der Waals surface area contributed by atoms with Crippen LogP contribution in [0.25, 0.3) is 11.2 Å². The minimum absolute atomic E-state index is 0.0439. The van der Waals surface area contributed by atoms with E-state index in [1.165, 1.54) is 0 Å². The lowest BCUT2D eigenvalue weighted by atomic mass is 10.4. The number of aromatic nitrogens is 5. The van der Waals surface area contributed by atoms with Crippen LogP contribution in [0.4, 0.5) is 11.8 Å². The van der Waals surface area contributed by atoms with Gasteiger partial charge in [-0.1, -0.05) is 5.21 Å². The van der Waals surface area contributed by atoms with Gasteiger partial charge in [0, 0.05) is 6.54 Å². The number of aryl methyl sites for hydroxylation is 1. The molecule has 0 bridgehead atoms. The number of nitrogens with one attached hydrogen (secondary N) is 1. The summed E-state index contributed by atoms with van der Waals surface area (Å²) in [5.74, 6) is -0.685. The largest absolute Gasteiger partial charge is 0.480 e. The van der Waals surface area contributed by atoms with Crippen molar-refractivity contribution in [1.82, 2.24) is 25.0 Å². The molecule has 0 atom stereocenters. The molecule has 17 heavy (non-hydrogen) atoms. The summed E-state index contributed by atoms with van der Waals surface area (Å²) in [6.45, 7) is 2.20. The van der Waals surface area contributed by atoms with Crippen molar-refractivity contribution in [3.05, 3.63) is 0 Å². The van der Waals surface area contributed by atoms with Gasteiger partial charge < -0.3 is 16.2 Å². The highest BCUT2D eigenvalue weighted by atomic mass is 16.4. The lowest BCUT2D eigenvalue weighted by Crippen LogP contribution is -2.14. The van der Waals surface area contributed by atoms with Gasteiger partial charge in [0.1, 0.15) is 6.54 Å². The zero-order valence-electron chi connectivity index (χ0n) is 9.08. The van der Waals surface area contributed by atoms with Crippen LogP contribution < -0.4 is 11.1 Å². The van der Waals surface area contributed by atoms with Crippen LogP contribution in [-0.2, 0) is 11.3 Å². The van der Waals surface area contributed by atoms with Gasteiger partial charge in [-0.2, -0.15) is 9.97 Å². The fourth-order valence-corrected chi connectivity index (χ4v) is 1.37. The van der Waals surface area contributed by atoms with Crippen LogP contribution in [0.15, 0.2) is 0 Å². The summed E-state index contributed by atoms with van der Waals surface area (Å²) >= 11 is 0. The van der Waals surface area contributed by atoms with Gasteiger partial charge in [-0.05, 0) is 6.92 Å². The zero-order chi connectivity index (χ0) is 12.4. The summed E-state index contributed by atoms with van der Waals surface area (Å²) in [5.41, 5.74) is 6.42. The fraction of sp³-hybridized carbons (Fsp3) is 0.375. The maximum Gasteiger partial charge on any atom is 0.322 e. The summed E-state index contributed by atoms with van der Waals surface area (Å²) in [7, 11) is 0. The van der Waals surface area contributed by atoms with E-state index in [0.717, 1.165) is 0 Å². The minimum Gasteiger partial charge on any atom is -0.480 e. The van der Waals surface area contributed by atoms with Crippen molar-refractivity contribution in [1.29, 1.82) is 0 Å². The van der Waals surface area contributed by atoms with Crippen molar-refractivity contribution in [3.63, 3.8) is 0 Å². The Morgan fingerprint density at radius 1 is 1.53 bits per heavy atom. The predicted octanol–water partition coefficient (Wildman–Crippen LogP) is -0.680. The zero-order valence-corrected chi connectivity index (χ0v) is 9.08. The molecule has 0 unspecified atom stereocenters. The highest BCUT2D eigenvalue weighted by Crippen LogP contribution is 2.17. The van der Waals surface area contributed by atoms with Crippen LogP contribution in [-0.4, -0.2) is 42.6 Å². The maximum absolute atomic E-state index is 10.5. The van der Waals surface area contributed by atoms with Crippen LogP contribution in [0.2, 0.25) is 0 Å². The number of hydrogen-bond acceptors (Lipinski definition) is 7. The molecule has 4 N–H and O–H groups in total. The Morgan fingerprint density at radius 2 is 2.29 bits per heavy atom. The lowest BCUT2D eigenvalue weighted by molar-refractivity contribution is -0.134. The molecule has 0 saturated heterocycles. The van der Waals surface area contributed by atoms with Crippen LogP contribution >= 0.6 is 0 Å². The first-order valence-corrected chi connectivity index (χ1v) is 4.94. The molecular formula is C8H11N7O2. The average Bonchev–Trinajstić information content (AvgIpc) is 2.68. The molecule has 90 valence electrons. The number of nitrogen functional groups attached to an aromatic ring is 1. The molecule has 0 aliphatic carbocycles. The highest BCUT2D eigenvalue weighted by Gasteiger charge is 2.13. The van der Waals surface area contributed by atoms with Crippen LogP contribution in [0.3, 0.4) is 0 Å². The molecule has 9 heteroatoms. The molecule has 9 nitrogen and oxygen atoms in total. The van der Waals surface area contributed by atoms with E-state index >= 15 is 0 Å². The highest BCUT2D eigenvalue weighted by molar-refractivity contribution is 5.85. The minimum atomic E-state index is -1.00. The standard InChI is InChI=1S/C8H11N7O2/c1-2-15-7-5(13-14-15)6(10-3-4(16)17)11-8(9)12-7/h2-3H2,1H3,(H,16,17)(H3,9,10,11,12). The molecule has 0 amide bonds. The van der Waals surface area contributed by atoms with Gasteiger partial charge in [-0.15, -0.1) is 5.10 Å². The van der Waals surface area contributed by atoms with E-state index in [4.69, 9.17) is 10.8 Å². The number of carboxylic acids is 1. The van der Waals surface area contributed by atoms with Crippen molar-refractivity contribution in [2.75, 3.05) is 17.6 Å². The average molecular weight is 237 g/mol. The Hall–Kier alpha value is -2.45. The normalized spacial score (nSPS) is 10.6. The van der Waals surface area contributed by atoms with Gasteiger partial charge in [-0.3, -0.25) is 4.79 Å². The van der Waals surface area contributed by atoms with E-state index in [-0.39, 0.29) is 18.3 Å². The summed E-state index contributed by atoms with van der Waals surface area (Å²) in [6, 6.07) is 0. The molecule has 2 aromatic heterocycles. The summed E-state index contributed by atoms with van der Waals surface area (Å²) in [5, 5.41) is 19.0. The summed E-state index contributed by atoms with van der Waals surface area (Å²) < 4.78 is 1.55. The molecule has 0 aromatic carbocycles. The molecule has 2 heterocycles. The molecule has 0 aliphatic heterocycles. The van der Waals surface area contributed by atoms with Crippen LogP contribution in [0.1, 0.15) is 6.92 Å². The van der Waals surface area contributed by atoms with Gasteiger partial charge in [0.15, 0.2) is 17.0 Å². The molecule has 0 aliphatic rings. The second-order valence-electron chi connectivity index (χ2n) is 3.26. The summed E-state index contributed by atoms with van der Waals surface area (Å²) in [6.07, 6.45) is 0. The number of nitrogens with zero attached hydrogens (tertiary/aromatic N) is 5. The number of fused-ring (bicyclic) bond motifs is 1. The number of rotatable bonds is 4. The number of carbonyl (C=O) groups is 1. The Bertz CT molecular complexity index is 564. The van der Waals surface area contributed by atoms with Crippen molar-refractivity contribution in [2.24, 2.45) is 0 Å². The smallest absolute Gasteiger partial charge is 0.322 e. The Kier molecular flexibility index (Phi) is 2.73. The number of nitrogens with two attached hydrogens (primary N) is 1. The van der Waals surface area contributed by atoms with Crippen LogP contribution in [0, 0.1) is 0 Å². The van der Waals surface area contributed by atoms with Gasteiger partial charge >= 0.3 is 5.97 Å². The van der Waals surface area contributed by atoms with Crippen molar-refractivity contribution >= 4 is 28.9 Å². The van der Waals surface area contributed by atoms with E-state index < -0.39 is 5.97 Å². The van der Waals surface area contributed by atoms with Gasteiger partial charge in [-0.25, -0.2) is 4.68 Å². The van der Waals surface area contributed by atoms with Crippen molar-refractivity contribution < 1.29 is 9.90 Å². The maximum atomic E-state index is 10.5.